The number of nitrogens with one attached hydrogen (secondary N) is 1. The molecule has 1 amide bonds. The van der Waals surface area contributed by atoms with Gasteiger partial charge in [0.25, 0.3) is 5.91 Å². The van der Waals surface area contributed by atoms with Crippen LogP contribution in [0.15, 0.2) is 18.2 Å². The number of aliphatic hydroxyl groups excluding tert-OH is 1. The molecule has 0 fully saturated rings. The average molecular weight is 272 g/mol. The third-order valence-electron chi connectivity index (χ3n) is 2.43. The summed E-state index contributed by atoms with van der Waals surface area (Å²) < 4.78 is 5.09. The lowest BCUT2D eigenvalue weighted by atomic mass is 10.1. The Balaban J connectivity index is 2.34. The molecule has 18 heavy (non-hydrogen) atoms. The minimum absolute atomic E-state index is 0.0219. The minimum Gasteiger partial charge on any atom is -0.394 e. The van der Waals surface area contributed by atoms with Gasteiger partial charge < -0.3 is 15.2 Å². The molecule has 0 aromatic heterocycles. The SMILES string of the molecule is Cc1ccc(Cl)cc1C(=O)NCCCOCCO. The van der Waals surface area contributed by atoms with Gasteiger partial charge in [-0.2, -0.15) is 0 Å². The molecule has 0 atom stereocenters. The lowest BCUT2D eigenvalue weighted by molar-refractivity contribution is 0.0867. The van der Waals surface area contributed by atoms with Gasteiger partial charge in [0.05, 0.1) is 13.2 Å². The quantitative estimate of drug-likeness (QED) is 0.743. The number of aliphatic hydroxyl groups is 1. The van der Waals surface area contributed by atoms with E-state index in [1.165, 1.54) is 0 Å². The Kier molecular flexibility index (Phi) is 6.72. The van der Waals surface area contributed by atoms with Crippen LogP contribution < -0.4 is 5.32 Å². The summed E-state index contributed by atoms with van der Waals surface area (Å²) in [5.41, 5.74) is 1.49. The second-order valence-corrected chi connectivity index (χ2v) is 4.34. The highest BCUT2D eigenvalue weighted by Crippen LogP contribution is 2.15. The molecule has 5 heteroatoms. The topological polar surface area (TPSA) is 58.6 Å². The van der Waals surface area contributed by atoms with E-state index in [0.29, 0.717) is 36.8 Å². The first-order valence-electron chi connectivity index (χ1n) is 5.88. The Hall–Kier alpha value is -1.10. The lowest BCUT2D eigenvalue weighted by Gasteiger charge is -2.08. The van der Waals surface area contributed by atoms with Crippen molar-refractivity contribution in [3.8, 4) is 0 Å². The Bertz CT molecular complexity index is 396. The van der Waals surface area contributed by atoms with E-state index >= 15 is 0 Å². The van der Waals surface area contributed by atoms with Crippen molar-refractivity contribution >= 4 is 17.5 Å². The van der Waals surface area contributed by atoms with Crippen LogP contribution in [0.5, 0.6) is 0 Å². The van der Waals surface area contributed by atoms with Crippen molar-refractivity contribution in [2.75, 3.05) is 26.4 Å². The van der Waals surface area contributed by atoms with E-state index < -0.39 is 0 Å². The molecule has 0 aliphatic rings. The fourth-order valence-electron chi connectivity index (χ4n) is 1.48. The Labute approximate surface area is 112 Å². The molecule has 4 nitrogen and oxygen atoms in total. The number of carbonyl (C=O) groups excluding carboxylic acids is 1. The van der Waals surface area contributed by atoms with Gasteiger partial charge in [0.15, 0.2) is 0 Å². The van der Waals surface area contributed by atoms with E-state index in [1.807, 2.05) is 13.0 Å². The van der Waals surface area contributed by atoms with Crippen LogP contribution in [0, 0.1) is 6.92 Å². The first-order chi connectivity index (χ1) is 8.65. The summed E-state index contributed by atoms with van der Waals surface area (Å²) in [6.07, 6.45) is 0.714. The maximum Gasteiger partial charge on any atom is 0.251 e. The van der Waals surface area contributed by atoms with E-state index in [9.17, 15) is 4.79 Å². The minimum atomic E-state index is -0.128. The predicted octanol–water partition coefficient (Wildman–Crippen LogP) is 1.78. The zero-order valence-electron chi connectivity index (χ0n) is 10.4. The van der Waals surface area contributed by atoms with Crippen molar-refractivity contribution in [2.45, 2.75) is 13.3 Å². The number of rotatable bonds is 7. The molecule has 1 aromatic rings. The molecule has 0 spiro atoms. The highest BCUT2D eigenvalue weighted by Gasteiger charge is 2.08. The van der Waals surface area contributed by atoms with Gasteiger partial charge in [0, 0.05) is 23.7 Å². The van der Waals surface area contributed by atoms with Crippen LogP contribution >= 0.6 is 11.6 Å². The molecule has 0 heterocycles. The molecule has 2 N–H and O–H groups in total. The normalized spacial score (nSPS) is 10.4. The van der Waals surface area contributed by atoms with Crippen molar-refractivity contribution < 1.29 is 14.6 Å². The summed E-state index contributed by atoms with van der Waals surface area (Å²) in [5.74, 6) is -0.128. The molecular weight excluding hydrogens is 254 g/mol. The van der Waals surface area contributed by atoms with Crippen LogP contribution in [0.1, 0.15) is 22.3 Å². The third kappa shape index (κ3) is 5.04. The van der Waals surface area contributed by atoms with Crippen LogP contribution in [-0.4, -0.2) is 37.4 Å². The number of hydrogen-bond acceptors (Lipinski definition) is 3. The van der Waals surface area contributed by atoms with Crippen molar-refractivity contribution in [1.82, 2.24) is 5.32 Å². The largest absolute Gasteiger partial charge is 0.394 e. The first-order valence-corrected chi connectivity index (χ1v) is 6.26. The van der Waals surface area contributed by atoms with E-state index in [4.69, 9.17) is 21.4 Å². The summed E-state index contributed by atoms with van der Waals surface area (Å²) in [4.78, 5) is 11.9. The van der Waals surface area contributed by atoms with Crippen molar-refractivity contribution in [2.24, 2.45) is 0 Å². The summed E-state index contributed by atoms with van der Waals surface area (Å²) in [6, 6.07) is 5.24. The predicted molar refractivity (Wildman–Crippen MR) is 71.0 cm³/mol. The summed E-state index contributed by atoms with van der Waals surface area (Å²) in [6.45, 7) is 3.29. The van der Waals surface area contributed by atoms with E-state index in [0.717, 1.165) is 5.56 Å². The fourth-order valence-corrected chi connectivity index (χ4v) is 1.65. The Morgan fingerprint density at radius 3 is 2.94 bits per heavy atom. The van der Waals surface area contributed by atoms with Gasteiger partial charge in [0.2, 0.25) is 0 Å². The molecule has 1 rings (SSSR count). The molecule has 0 radical (unpaired) electrons. The second kappa shape index (κ2) is 8.08. The highest BCUT2D eigenvalue weighted by molar-refractivity contribution is 6.31. The van der Waals surface area contributed by atoms with Crippen LogP contribution in [0.2, 0.25) is 5.02 Å². The first kappa shape index (κ1) is 15.0. The Morgan fingerprint density at radius 2 is 2.22 bits per heavy atom. The summed E-state index contributed by atoms with van der Waals surface area (Å²) in [7, 11) is 0. The number of benzene rings is 1. The summed E-state index contributed by atoms with van der Waals surface area (Å²) >= 11 is 5.86. The van der Waals surface area contributed by atoms with E-state index in [2.05, 4.69) is 5.32 Å². The van der Waals surface area contributed by atoms with Gasteiger partial charge in [-0.1, -0.05) is 17.7 Å². The van der Waals surface area contributed by atoms with Crippen LogP contribution in [-0.2, 0) is 4.74 Å². The van der Waals surface area contributed by atoms with Crippen LogP contribution in [0.3, 0.4) is 0 Å². The van der Waals surface area contributed by atoms with Gasteiger partial charge in [-0.15, -0.1) is 0 Å². The van der Waals surface area contributed by atoms with Crippen molar-refractivity contribution in [1.29, 1.82) is 0 Å². The van der Waals surface area contributed by atoms with Crippen LogP contribution in [0.4, 0.5) is 0 Å². The van der Waals surface area contributed by atoms with Gasteiger partial charge in [-0.3, -0.25) is 4.79 Å². The van der Waals surface area contributed by atoms with E-state index in [1.54, 1.807) is 12.1 Å². The highest BCUT2D eigenvalue weighted by atomic mass is 35.5. The molecule has 0 unspecified atom stereocenters. The number of halogens is 1. The van der Waals surface area contributed by atoms with E-state index in [-0.39, 0.29) is 12.5 Å². The number of hydrogen-bond donors (Lipinski definition) is 2. The smallest absolute Gasteiger partial charge is 0.251 e. The second-order valence-electron chi connectivity index (χ2n) is 3.90. The molecule has 0 saturated carbocycles. The van der Waals surface area contributed by atoms with Gasteiger partial charge in [0.1, 0.15) is 0 Å². The van der Waals surface area contributed by atoms with Gasteiger partial charge in [-0.05, 0) is 31.0 Å². The van der Waals surface area contributed by atoms with Crippen LogP contribution in [0.25, 0.3) is 0 Å². The zero-order chi connectivity index (χ0) is 13.4. The maximum absolute atomic E-state index is 11.9. The monoisotopic (exact) mass is 271 g/mol. The molecule has 0 bridgehead atoms. The standard InChI is InChI=1S/C13H18ClNO3/c1-10-3-4-11(14)9-12(10)13(17)15-5-2-7-18-8-6-16/h3-4,9,16H,2,5-8H2,1H3,(H,15,17). The number of ether oxygens (including phenoxy) is 1. The molecular formula is C13H18ClNO3. The van der Waals surface area contributed by atoms with Crippen molar-refractivity contribution in [3.63, 3.8) is 0 Å². The lowest BCUT2D eigenvalue weighted by Crippen LogP contribution is -2.26. The fraction of sp³-hybridized carbons (Fsp3) is 0.462. The van der Waals surface area contributed by atoms with Gasteiger partial charge >= 0.3 is 0 Å². The number of amides is 1. The Morgan fingerprint density at radius 1 is 1.44 bits per heavy atom. The number of aryl methyl sites for hydroxylation is 1. The third-order valence-corrected chi connectivity index (χ3v) is 2.67. The van der Waals surface area contributed by atoms with Gasteiger partial charge in [-0.25, -0.2) is 0 Å². The maximum atomic E-state index is 11.9. The molecule has 100 valence electrons. The molecule has 0 aliphatic carbocycles. The number of carbonyl (C=O) groups is 1. The van der Waals surface area contributed by atoms with Crippen molar-refractivity contribution in [3.05, 3.63) is 34.3 Å². The average Bonchev–Trinajstić information content (AvgIpc) is 2.36. The molecule has 1 aromatic carbocycles. The zero-order valence-corrected chi connectivity index (χ0v) is 11.2. The summed E-state index contributed by atoms with van der Waals surface area (Å²) in [5, 5.41) is 11.9. The molecule has 0 aliphatic heterocycles. The molecule has 0 saturated heterocycles.